The molecule has 59 heavy (non-hydrogen) atoms. The summed E-state index contributed by atoms with van der Waals surface area (Å²) in [5.74, 6) is -0.874. The Morgan fingerprint density at radius 1 is 0.322 bits per heavy atom. The molecule has 0 heterocycles. The highest BCUT2D eigenvalue weighted by Crippen LogP contribution is 2.15. The fraction of sp³-hybridized carbons (Fsp3) is 0.868. The van der Waals surface area contributed by atoms with E-state index >= 15 is 0 Å². The van der Waals surface area contributed by atoms with Crippen molar-refractivity contribution in [3.8, 4) is 0 Å². The minimum Gasteiger partial charge on any atom is -0.462 e. The zero-order valence-corrected chi connectivity index (χ0v) is 39.5. The van der Waals surface area contributed by atoms with Crippen molar-refractivity contribution >= 4 is 17.9 Å². The highest BCUT2D eigenvalue weighted by molar-refractivity contribution is 5.71. The van der Waals surface area contributed by atoms with Crippen molar-refractivity contribution < 1.29 is 28.6 Å². The second kappa shape index (κ2) is 48.6. The molecular formula is C53H98O6. The van der Waals surface area contributed by atoms with Crippen molar-refractivity contribution in [1.82, 2.24) is 0 Å². The van der Waals surface area contributed by atoms with Crippen molar-refractivity contribution in [2.24, 2.45) is 0 Å². The van der Waals surface area contributed by atoms with Gasteiger partial charge in [0.15, 0.2) is 6.10 Å². The zero-order valence-electron chi connectivity index (χ0n) is 39.5. The Morgan fingerprint density at radius 3 is 0.898 bits per heavy atom. The summed E-state index contributed by atoms with van der Waals surface area (Å²) in [6.45, 7) is 6.60. The van der Waals surface area contributed by atoms with Gasteiger partial charge in [0.2, 0.25) is 0 Å². The fourth-order valence-corrected chi connectivity index (χ4v) is 7.48. The Bertz CT molecular complexity index is 958. The molecule has 6 heteroatoms. The predicted molar refractivity (Wildman–Crippen MR) is 252 cm³/mol. The SMILES string of the molecule is CCCC/C=C\CCCCCCCC(=O)OC(COC(=O)CCCCCCCCCCC/C=C\CCCCCCCC)COC(=O)CCCCCCCCCCCCC. The van der Waals surface area contributed by atoms with Crippen molar-refractivity contribution in [1.29, 1.82) is 0 Å². The van der Waals surface area contributed by atoms with Gasteiger partial charge in [-0.15, -0.1) is 0 Å². The Kier molecular flexibility index (Phi) is 46.8. The van der Waals surface area contributed by atoms with Gasteiger partial charge < -0.3 is 14.2 Å². The number of hydrogen-bond donors (Lipinski definition) is 0. The number of carbonyl (C=O) groups is 3. The first-order valence-corrected chi connectivity index (χ1v) is 25.8. The van der Waals surface area contributed by atoms with Gasteiger partial charge in [0.05, 0.1) is 0 Å². The lowest BCUT2D eigenvalue weighted by Gasteiger charge is -2.18. The summed E-state index contributed by atoms with van der Waals surface area (Å²) < 4.78 is 16.8. The lowest BCUT2D eigenvalue weighted by atomic mass is 10.1. The Morgan fingerprint density at radius 2 is 0.576 bits per heavy atom. The van der Waals surface area contributed by atoms with Crippen LogP contribution in [0.1, 0.15) is 278 Å². The topological polar surface area (TPSA) is 78.9 Å². The lowest BCUT2D eigenvalue weighted by molar-refractivity contribution is -0.167. The third-order valence-corrected chi connectivity index (χ3v) is 11.4. The molecule has 0 aliphatic carbocycles. The molecule has 346 valence electrons. The van der Waals surface area contributed by atoms with Gasteiger partial charge in [-0.2, -0.15) is 0 Å². The summed E-state index contributed by atoms with van der Waals surface area (Å²) in [6.07, 6.45) is 54.5. The van der Waals surface area contributed by atoms with Gasteiger partial charge in [-0.05, 0) is 64.2 Å². The molecular weight excluding hydrogens is 733 g/mol. The summed E-state index contributed by atoms with van der Waals surface area (Å²) in [5.41, 5.74) is 0. The first kappa shape index (κ1) is 56.9. The lowest BCUT2D eigenvalue weighted by Crippen LogP contribution is -2.30. The van der Waals surface area contributed by atoms with E-state index in [2.05, 4.69) is 45.1 Å². The second-order valence-corrected chi connectivity index (χ2v) is 17.4. The molecule has 0 N–H and O–H groups in total. The first-order chi connectivity index (χ1) is 29.0. The van der Waals surface area contributed by atoms with E-state index in [1.54, 1.807) is 0 Å². The number of carbonyl (C=O) groups excluding carboxylic acids is 3. The van der Waals surface area contributed by atoms with Crippen LogP contribution in [0.25, 0.3) is 0 Å². The van der Waals surface area contributed by atoms with E-state index in [-0.39, 0.29) is 31.1 Å². The van der Waals surface area contributed by atoms with E-state index in [1.807, 2.05) is 0 Å². The van der Waals surface area contributed by atoms with Crippen LogP contribution in [0, 0.1) is 0 Å². The van der Waals surface area contributed by atoms with E-state index in [0.717, 1.165) is 64.2 Å². The van der Waals surface area contributed by atoms with Gasteiger partial charge in [0.25, 0.3) is 0 Å². The van der Waals surface area contributed by atoms with E-state index in [1.165, 1.54) is 173 Å². The minimum atomic E-state index is -0.770. The molecule has 1 unspecified atom stereocenters. The summed E-state index contributed by atoms with van der Waals surface area (Å²) >= 11 is 0. The standard InChI is InChI=1S/C53H98O6/c1-4-7-10-13-16-19-22-23-24-25-26-27-28-29-32-34-37-40-43-46-52(55)58-49-50(59-53(56)47-44-41-38-35-31-21-18-15-12-9-6-3)48-57-51(54)45-42-39-36-33-30-20-17-14-11-8-5-2/h15,18,23-24,50H,4-14,16-17,19-22,25-49H2,1-3H3/b18-15-,24-23-. The molecule has 0 aliphatic heterocycles. The Balaban J connectivity index is 4.27. The van der Waals surface area contributed by atoms with Gasteiger partial charge in [0, 0.05) is 19.3 Å². The van der Waals surface area contributed by atoms with Gasteiger partial charge in [-0.1, -0.05) is 218 Å². The van der Waals surface area contributed by atoms with E-state index in [4.69, 9.17) is 14.2 Å². The van der Waals surface area contributed by atoms with Gasteiger partial charge in [0.1, 0.15) is 13.2 Å². The molecule has 0 aromatic rings. The number of unbranched alkanes of at least 4 members (excludes halogenated alkanes) is 32. The second-order valence-electron chi connectivity index (χ2n) is 17.4. The van der Waals surface area contributed by atoms with Crippen molar-refractivity contribution in [2.75, 3.05) is 13.2 Å². The minimum absolute atomic E-state index is 0.0718. The van der Waals surface area contributed by atoms with Gasteiger partial charge in [-0.25, -0.2) is 0 Å². The van der Waals surface area contributed by atoms with Crippen LogP contribution in [0.5, 0.6) is 0 Å². The summed E-state index contributed by atoms with van der Waals surface area (Å²) in [4.78, 5) is 37.9. The zero-order chi connectivity index (χ0) is 43.0. The molecule has 0 saturated heterocycles. The molecule has 0 spiro atoms. The Hall–Kier alpha value is -2.11. The molecule has 1 atom stereocenters. The van der Waals surface area contributed by atoms with Crippen LogP contribution in [0.4, 0.5) is 0 Å². The third kappa shape index (κ3) is 46.8. The molecule has 0 radical (unpaired) electrons. The number of rotatable bonds is 47. The first-order valence-electron chi connectivity index (χ1n) is 25.8. The molecule has 0 aliphatic rings. The fourth-order valence-electron chi connectivity index (χ4n) is 7.48. The third-order valence-electron chi connectivity index (χ3n) is 11.4. The number of ether oxygens (including phenoxy) is 3. The average molecular weight is 831 g/mol. The van der Waals surface area contributed by atoms with Gasteiger partial charge >= 0.3 is 17.9 Å². The van der Waals surface area contributed by atoms with Gasteiger partial charge in [-0.3, -0.25) is 14.4 Å². The van der Waals surface area contributed by atoms with E-state index in [0.29, 0.717) is 19.3 Å². The smallest absolute Gasteiger partial charge is 0.306 e. The van der Waals surface area contributed by atoms with E-state index in [9.17, 15) is 14.4 Å². The quantitative estimate of drug-likeness (QED) is 0.0263. The molecule has 0 aromatic heterocycles. The summed E-state index contributed by atoms with van der Waals surface area (Å²) in [5, 5.41) is 0. The number of hydrogen-bond acceptors (Lipinski definition) is 6. The molecule has 6 nitrogen and oxygen atoms in total. The maximum atomic E-state index is 12.7. The Labute approximate surface area is 366 Å². The van der Waals surface area contributed by atoms with Crippen LogP contribution in [0.15, 0.2) is 24.3 Å². The average Bonchev–Trinajstić information content (AvgIpc) is 3.23. The van der Waals surface area contributed by atoms with E-state index < -0.39 is 6.10 Å². The van der Waals surface area contributed by atoms with Crippen LogP contribution in [0.2, 0.25) is 0 Å². The van der Waals surface area contributed by atoms with Crippen molar-refractivity contribution in [3.05, 3.63) is 24.3 Å². The maximum absolute atomic E-state index is 12.7. The highest BCUT2D eigenvalue weighted by Gasteiger charge is 2.19. The normalized spacial score (nSPS) is 12.1. The number of allylic oxidation sites excluding steroid dienone is 4. The molecule has 0 aromatic carbocycles. The van der Waals surface area contributed by atoms with Crippen LogP contribution in [-0.2, 0) is 28.6 Å². The molecule has 0 rings (SSSR count). The van der Waals surface area contributed by atoms with Crippen LogP contribution in [-0.4, -0.2) is 37.2 Å². The summed E-state index contributed by atoms with van der Waals surface area (Å²) in [7, 11) is 0. The van der Waals surface area contributed by atoms with Crippen molar-refractivity contribution in [3.63, 3.8) is 0 Å². The van der Waals surface area contributed by atoms with Crippen LogP contribution < -0.4 is 0 Å². The largest absolute Gasteiger partial charge is 0.462 e. The highest BCUT2D eigenvalue weighted by atomic mass is 16.6. The van der Waals surface area contributed by atoms with Crippen molar-refractivity contribution in [2.45, 2.75) is 284 Å². The van der Waals surface area contributed by atoms with Crippen LogP contribution in [0.3, 0.4) is 0 Å². The number of esters is 3. The molecule has 0 bridgehead atoms. The maximum Gasteiger partial charge on any atom is 0.306 e. The molecule has 0 fully saturated rings. The molecule has 0 saturated carbocycles. The monoisotopic (exact) mass is 831 g/mol. The van der Waals surface area contributed by atoms with Crippen LogP contribution >= 0.6 is 0 Å². The predicted octanol–water partition coefficient (Wildman–Crippen LogP) is 16.8. The summed E-state index contributed by atoms with van der Waals surface area (Å²) in [6, 6.07) is 0. The molecule has 0 amide bonds.